The summed E-state index contributed by atoms with van der Waals surface area (Å²) >= 11 is 6.06. The molecule has 2 aromatic rings. The van der Waals surface area contributed by atoms with E-state index in [-0.39, 0.29) is 23.9 Å². The minimum atomic E-state index is -3.15. The van der Waals surface area contributed by atoms with Crippen molar-refractivity contribution in [3.63, 3.8) is 0 Å². The van der Waals surface area contributed by atoms with Gasteiger partial charge in [-0.1, -0.05) is 23.7 Å². The van der Waals surface area contributed by atoms with Crippen LogP contribution in [0.3, 0.4) is 0 Å². The maximum atomic E-state index is 12.5. The molecule has 0 saturated heterocycles. The Kier molecular flexibility index (Phi) is 5.99. The Bertz CT molecular complexity index is 942. The molecule has 26 heavy (non-hydrogen) atoms. The second kappa shape index (κ2) is 7.84. The van der Waals surface area contributed by atoms with Crippen molar-refractivity contribution in [2.75, 3.05) is 13.3 Å². The minimum absolute atomic E-state index is 0.0966. The summed E-state index contributed by atoms with van der Waals surface area (Å²) in [7, 11) is -1.59. The van der Waals surface area contributed by atoms with Crippen LogP contribution in [0.2, 0.25) is 5.02 Å². The predicted molar refractivity (Wildman–Crippen MR) is 98.9 cm³/mol. The third-order valence-corrected chi connectivity index (χ3v) is 4.85. The normalized spacial score (nSPS) is 11.2. The number of sulfone groups is 1. The number of nitro groups is 1. The Balaban J connectivity index is 2.15. The van der Waals surface area contributed by atoms with Crippen molar-refractivity contribution in [1.82, 2.24) is 4.90 Å². The topological polar surface area (TPSA) is 97.6 Å². The van der Waals surface area contributed by atoms with Gasteiger partial charge in [-0.2, -0.15) is 0 Å². The molecule has 0 spiro atoms. The van der Waals surface area contributed by atoms with Gasteiger partial charge in [0.1, 0.15) is 0 Å². The van der Waals surface area contributed by atoms with Gasteiger partial charge in [0.15, 0.2) is 9.84 Å². The number of rotatable bonds is 6. The molecular formula is C17H17ClN2O5S. The molecule has 0 heterocycles. The fraction of sp³-hybridized carbons (Fsp3) is 0.235. The van der Waals surface area contributed by atoms with Crippen LogP contribution in [-0.4, -0.2) is 37.5 Å². The van der Waals surface area contributed by atoms with Gasteiger partial charge in [-0.05, 0) is 29.3 Å². The van der Waals surface area contributed by atoms with E-state index in [0.717, 1.165) is 6.26 Å². The number of non-ortho nitro benzene ring substituents is 1. The number of benzene rings is 2. The average Bonchev–Trinajstić information content (AvgIpc) is 2.55. The molecule has 1 amide bonds. The van der Waals surface area contributed by atoms with Crippen molar-refractivity contribution in [2.45, 2.75) is 12.3 Å². The summed E-state index contributed by atoms with van der Waals surface area (Å²) in [6.07, 6.45) is 1.14. The molecule has 138 valence electrons. The van der Waals surface area contributed by atoms with Gasteiger partial charge in [-0.3, -0.25) is 14.9 Å². The van der Waals surface area contributed by atoms with Crippen LogP contribution in [0.4, 0.5) is 5.69 Å². The smallest absolute Gasteiger partial charge is 0.269 e. The molecule has 0 unspecified atom stereocenters. The maximum Gasteiger partial charge on any atom is 0.269 e. The van der Waals surface area contributed by atoms with Crippen molar-refractivity contribution in [3.8, 4) is 0 Å². The number of halogens is 1. The van der Waals surface area contributed by atoms with E-state index in [4.69, 9.17) is 11.6 Å². The highest BCUT2D eigenvalue weighted by molar-refractivity contribution is 7.89. The Morgan fingerprint density at radius 2 is 1.81 bits per heavy atom. The van der Waals surface area contributed by atoms with E-state index >= 15 is 0 Å². The molecule has 0 fully saturated rings. The number of carbonyl (C=O) groups excluding carboxylic acids is 1. The van der Waals surface area contributed by atoms with Gasteiger partial charge in [0, 0.05) is 42.6 Å². The average molecular weight is 397 g/mol. The van der Waals surface area contributed by atoms with Crippen LogP contribution >= 0.6 is 11.6 Å². The Labute approximate surface area is 156 Å². The second-order valence-electron chi connectivity index (χ2n) is 5.96. The molecule has 9 heteroatoms. The summed E-state index contributed by atoms with van der Waals surface area (Å²) in [5.41, 5.74) is 1.33. The highest BCUT2D eigenvalue weighted by Crippen LogP contribution is 2.23. The summed E-state index contributed by atoms with van der Waals surface area (Å²) in [5, 5.41) is 11.2. The lowest BCUT2D eigenvalue weighted by molar-refractivity contribution is -0.384. The number of nitrogens with zero attached hydrogens (tertiary/aromatic N) is 2. The zero-order valence-corrected chi connectivity index (χ0v) is 15.7. The Morgan fingerprint density at radius 1 is 1.19 bits per heavy atom. The summed E-state index contributed by atoms with van der Waals surface area (Å²) in [6, 6.07) is 10.3. The van der Waals surface area contributed by atoms with Crippen molar-refractivity contribution < 1.29 is 18.1 Å². The summed E-state index contributed by atoms with van der Waals surface area (Å²) in [6.45, 7) is 0.102. The van der Waals surface area contributed by atoms with Crippen molar-refractivity contribution in [2.24, 2.45) is 0 Å². The molecule has 7 nitrogen and oxygen atoms in total. The first-order valence-electron chi connectivity index (χ1n) is 7.52. The molecule has 0 aliphatic rings. The fourth-order valence-electron chi connectivity index (χ4n) is 2.39. The lowest BCUT2D eigenvalue weighted by Crippen LogP contribution is -2.26. The molecule has 0 aromatic heterocycles. The Hall–Kier alpha value is -2.45. The molecular weight excluding hydrogens is 380 g/mol. The lowest BCUT2D eigenvalue weighted by Gasteiger charge is -2.18. The van der Waals surface area contributed by atoms with Crippen molar-refractivity contribution in [3.05, 3.63) is 74.3 Å². The van der Waals surface area contributed by atoms with Gasteiger partial charge in [0.05, 0.1) is 10.7 Å². The molecule has 0 saturated carbocycles. The van der Waals surface area contributed by atoms with Crippen LogP contribution in [0.1, 0.15) is 21.5 Å². The molecule has 2 rings (SSSR count). The zero-order valence-electron chi connectivity index (χ0n) is 14.2. The largest absolute Gasteiger partial charge is 0.337 e. The van der Waals surface area contributed by atoms with Crippen LogP contribution in [0.5, 0.6) is 0 Å². The standard InChI is InChI=1S/C17H17ClN2O5S/c1-19(10-14-9-15(20(22)23)7-8-16(14)18)17(21)13-5-3-12(4-6-13)11-26(2,24)25/h3-9H,10-11H2,1-2H3. The second-order valence-corrected chi connectivity index (χ2v) is 8.51. The van der Waals surface area contributed by atoms with Crippen LogP contribution < -0.4 is 0 Å². The van der Waals surface area contributed by atoms with E-state index in [1.165, 1.54) is 23.1 Å². The van der Waals surface area contributed by atoms with Crippen LogP contribution in [-0.2, 0) is 22.1 Å². The number of nitro benzene ring substituents is 1. The molecule has 0 N–H and O–H groups in total. The van der Waals surface area contributed by atoms with E-state index in [2.05, 4.69) is 0 Å². The molecule has 2 aromatic carbocycles. The van der Waals surface area contributed by atoms with E-state index < -0.39 is 14.8 Å². The third-order valence-electron chi connectivity index (χ3n) is 3.62. The third kappa shape index (κ3) is 5.27. The van der Waals surface area contributed by atoms with E-state index in [0.29, 0.717) is 21.7 Å². The first-order chi connectivity index (χ1) is 12.1. The van der Waals surface area contributed by atoms with Gasteiger partial charge in [-0.25, -0.2) is 8.42 Å². The highest BCUT2D eigenvalue weighted by atomic mass is 35.5. The fourth-order valence-corrected chi connectivity index (χ4v) is 3.37. The van der Waals surface area contributed by atoms with E-state index in [1.807, 2.05) is 0 Å². The van der Waals surface area contributed by atoms with Crippen molar-refractivity contribution in [1.29, 1.82) is 0 Å². The van der Waals surface area contributed by atoms with Gasteiger partial charge in [0.2, 0.25) is 0 Å². The van der Waals surface area contributed by atoms with Gasteiger partial charge >= 0.3 is 0 Å². The van der Waals surface area contributed by atoms with E-state index in [1.54, 1.807) is 31.3 Å². The summed E-state index contributed by atoms with van der Waals surface area (Å²) in [4.78, 5) is 24.2. The molecule has 0 aliphatic carbocycles. The monoisotopic (exact) mass is 396 g/mol. The SMILES string of the molecule is CN(Cc1cc([N+](=O)[O-])ccc1Cl)C(=O)c1ccc(CS(C)(=O)=O)cc1. The lowest BCUT2D eigenvalue weighted by atomic mass is 10.1. The summed E-state index contributed by atoms with van der Waals surface area (Å²) in [5.74, 6) is -0.404. The van der Waals surface area contributed by atoms with Crippen LogP contribution in [0.15, 0.2) is 42.5 Å². The summed E-state index contributed by atoms with van der Waals surface area (Å²) < 4.78 is 22.6. The zero-order chi connectivity index (χ0) is 19.5. The van der Waals surface area contributed by atoms with Crippen molar-refractivity contribution >= 4 is 33.0 Å². The maximum absolute atomic E-state index is 12.5. The van der Waals surface area contributed by atoms with Gasteiger partial charge in [-0.15, -0.1) is 0 Å². The Morgan fingerprint density at radius 3 is 2.35 bits per heavy atom. The quantitative estimate of drug-likeness (QED) is 0.552. The molecule has 0 aliphatic heterocycles. The predicted octanol–water partition coefficient (Wildman–Crippen LogP) is 3.07. The highest BCUT2D eigenvalue weighted by Gasteiger charge is 2.16. The number of hydrogen-bond donors (Lipinski definition) is 0. The minimum Gasteiger partial charge on any atom is -0.337 e. The van der Waals surface area contributed by atoms with Gasteiger partial charge < -0.3 is 4.90 Å². The van der Waals surface area contributed by atoms with E-state index in [9.17, 15) is 23.3 Å². The molecule has 0 atom stereocenters. The number of amides is 1. The molecule has 0 bridgehead atoms. The van der Waals surface area contributed by atoms with Crippen LogP contribution in [0, 0.1) is 10.1 Å². The van der Waals surface area contributed by atoms with Gasteiger partial charge in [0.25, 0.3) is 11.6 Å². The first-order valence-corrected chi connectivity index (χ1v) is 9.95. The number of carbonyl (C=O) groups is 1. The first kappa shape index (κ1) is 19.9. The number of hydrogen-bond acceptors (Lipinski definition) is 5. The van der Waals surface area contributed by atoms with Crippen LogP contribution in [0.25, 0.3) is 0 Å². The molecule has 0 radical (unpaired) electrons.